The third kappa shape index (κ3) is 3.75. The summed E-state index contributed by atoms with van der Waals surface area (Å²) in [6.45, 7) is 5.84. The molecule has 1 aromatic carbocycles. The first-order valence-electron chi connectivity index (χ1n) is 5.44. The van der Waals surface area contributed by atoms with Gasteiger partial charge in [-0.25, -0.2) is 0 Å². The minimum atomic E-state index is -4.02. The molecule has 1 atom stereocenters. The first-order valence-corrected chi connectivity index (χ1v) is 7.13. The van der Waals surface area contributed by atoms with Crippen LogP contribution in [0.25, 0.3) is 0 Å². The molecule has 4 heteroatoms. The minimum Gasteiger partial charge on any atom is -0.324 e. The van der Waals surface area contributed by atoms with E-state index in [2.05, 4.69) is 13.8 Å². The van der Waals surface area contributed by atoms with E-state index < -0.39 is 13.3 Å². The van der Waals surface area contributed by atoms with Gasteiger partial charge in [0.15, 0.2) is 0 Å². The Balaban J connectivity index is 2.83. The summed E-state index contributed by atoms with van der Waals surface area (Å²) in [5.74, 6) is 0.588. The van der Waals surface area contributed by atoms with Gasteiger partial charge in [-0.15, -0.1) is 0 Å². The van der Waals surface area contributed by atoms with Crippen LogP contribution in [0, 0.1) is 5.92 Å². The molecular formula is C12H19O3P. The van der Waals surface area contributed by atoms with Gasteiger partial charge in [0.2, 0.25) is 0 Å². The maximum absolute atomic E-state index is 11.1. The molecule has 0 saturated heterocycles. The normalized spacial score (nSPS) is 14.1. The summed E-state index contributed by atoms with van der Waals surface area (Å²) < 4.78 is 11.1. The van der Waals surface area contributed by atoms with Crippen LogP contribution in [0.1, 0.15) is 37.6 Å². The zero-order chi connectivity index (χ0) is 12.3. The lowest BCUT2D eigenvalue weighted by Crippen LogP contribution is -1.97. The maximum Gasteiger partial charge on any atom is 0.332 e. The molecule has 16 heavy (non-hydrogen) atoms. The van der Waals surface area contributed by atoms with E-state index in [4.69, 9.17) is 9.79 Å². The summed E-state index contributed by atoms with van der Waals surface area (Å²) in [6.07, 6.45) is 0.991. The van der Waals surface area contributed by atoms with Crippen molar-refractivity contribution in [2.75, 3.05) is 0 Å². The first-order chi connectivity index (χ1) is 7.30. The molecule has 1 rings (SSSR count). The summed E-state index contributed by atoms with van der Waals surface area (Å²) in [5, 5.41) is 0. The molecule has 0 radical (unpaired) electrons. The number of hydrogen-bond donors (Lipinski definition) is 2. The highest BCUT2D eigenvalue weighted by molar-refractivity contribution is 7.52. The third-order valence-electron chi connectivity index (χ3n) is 2.61. The first kappa shape index (κ1) is 13.4. The molecule has 0 amide bonds. The van der Waals surface area contributed by atoms with Crippen LogP contribution in [-0.4, -0.2) is 9.79 Å². The van der Waals surface area contributed by atoms with Gasteiger partial charge in [0, 0.05) is 0 Å². The van der Waals surface area contributed by atoms with E-state index in [1.807, 2.05) is 24.3 Å². The summed E-state index contributed by atoms with van der Waals surface area (Å²) in [5.41, 5.74) is 1.18. The highest BCUT2D eigenvalue weighted by Crippen LogP contribution is 2.51. The van der Waals surface area contributed by atoms with E-state index in [1.165, 1.54) is 5.56 Å². The Bertz CT molecular complexity index is 378. The van der Waals surface area contributed by atoms with Crippen molar-refractivity contribution in [2.45, 2.75) is 32.9 Å². The van der Waals surface area contributed by atoms with Crippen molar-refractivity contribution >= 4 is 7.60 Å². The standard InChI is InChI=1S/C12H19O3P/c1-9(2)8-11-4-6-12(7-5-11)10(3)16(13,14)15/h4-7,9-10H,8H2,1-3H3,(H2,13,14,15)/t10-/m0/s1. The molecule has 0 aromatic heterocycles. The maximum atomic E-state index is 11.1. The van der Waals surface area contributed by atoms with Gasteiger partial charge in [0.05, 0.1) is 5.66 Å². The monoisotopic (exact) mass is 242 g/mol. The van der Waals surface area contributed by atoms with Crippen molar-refractivity contribution < 1.29 is 14.4 Å². The molecule has 0 aliphatic carbocycles. The van der Waals surface area contributed by atoms with Crippen molar-refractivity contribution in [3.63, 3.8) is 0 Å². The summed E-state index contributed by atoms with van der Waals surface area (Å²) in [7, 11) is -4.02. The molecule has 0 bridgehead atoms. The Morgan fingerprint density at radius 2 is 1.62 bits per heavy atom. The second-order valence-corrected chi connectivity index (χ2v) is 6.56. The van der Waals surface area contributed by atoms with E-state index >= 15 is 0 Å². The van der Waals surface area contributed by atoms with Crippen molar-refractivity contribution in [3.05, 3.63) is 35.4 Å². The predicted molar refractivity (Wildman–Crippen MR) is 65.4 cm³/mol. The lowest BCUT2D eigenvalue weighted by atomic mass is 10.0. The second kappa shape index (κ2) is 5.13. The fourth-order valence-corrected chi connectivity index (χ4v) is 2.16. The van der Waals surface area contributed by atoms with Gasteiger partial charge in [0.25, 0.3) is 0 Å². The molecule has 0 heterocycles. The number of rotatable bonds is 4. The van der Waals surface area contributed by atoms with E-state index in [1.54, 1.807) is 6.92 Å². The Morgan fingerprint density at radius 3 is 2.00 bits per heavy atom. The van der Waals surface area contributed by atoms with Gasteiger partial charge < -0.3 is 9.79 Å². The van der Waals surface area contributed by atoms with Crippen LogP contribution in [0.5, 0.6) is 0 Å². The average Bonchev–Trinajstić information content (AvgIpc) is 2.15. The highest BCUT2D eigenvalue weighted by atomic mass is 31.2. The van der Waals surface area contributed by atoms with Crippen molar-refractivity contribution in [3.8, 4) is 0 Å². The molecule has 3 nitrogen and oxygen atoms in total. The average molecular weight is 242 g/mol. The highest BCUT2D eigenvalue weighted by Gasteiger charge is 2.25. The molecule has 90 valence electrons. The van der Waals surface area contributed by atoms with Crippen LogP contribution in [-0.2, 0) is 11.0 Å². The number of hydrogen-bond acceptors (Lipinski definition) is 1. The summed E-state index contributed by atoms with van der Waals surface area (Å²) in [4.78, 5) is 18.1. The molecule has 0 aliphatic rings. The topological polar surface area (TPSA) is 57.5 Å². The fourth-order valence-electron chi connectivity index (χ4n) is 1.60. The van der Waals surface area contributed by atoms with Crippen LogP contribution >= 0.6 is 7.60 Å². The third-order valence-corrected chi connectivity index (χ3v) is 3.92. The Hall–Kier alpha value is -0.630. The summed E-state index contributed by atoms with van der Waals surface area (Å²) >= 11 is 0. The Labute approximate surface area is 96.7 Å². The van der Waals surface area contributed by atoms with Gasteiger partial charge >= 0.3 is 7.60 Å². The van der Waals surface area contributed by atoms with E-state index in [0.29, 0.717) is 11.5 Å². The van der Waals surface area contributed by atoms with Crippen molar-refractivity contribution in [1.29, 1.82) is 0 Å². The summed E-state index contributed by atoms with van der Waals surface area (Å²) in [6, 6.07) is 7.51. The van der Waals surface area contributed by atoms with Crippen LogP contribution in [0.15, 0.2) is 24.3 Å². The zero-order valence-corrected chi connectivity index (χ0v) is 10.8. The minimum absolute atomic E-state index is 0.588. The molecule has 0 unspecified atom stereocenters. The van der Waals surface area contributed by atoms with Crippen LogP contribution < -0.4 is 0 Å². The van der Waals surface area contributed by atoms with Gasteiger partial charge in [-0.3, -0.25) is 4.57 Å². The van der Waals surface area contributed by atoms with Crippen LogP contribution in [0.4, 0.5) is 0 Å². The zero-order valence-electron chi connectivity index (χ0n) is 9.92. The van der Waals surface area contributed by atoms with Crippen LogP contribution in [0.3, 0.4) is 0 Å². The van der Waals surface area contributed by atoms with Gasteiger partial charge in [-0.2, -0.15) is 0 Å². The molecule has 1 aromatic rings. The van der Waals surface area contributed by atoms with Crippen LogP contribution in [0.2, 0.25) is 0 Å². The van der Waals surface area contributed by atoms with E-state index in [0.717, 1.165) is 6.42 Å². The van der Waals surface area contributed by atoms with E-state index in [-0.39, 0.29) is 0 Å². The quantitative estimate of drug-likeness (QED) is 0.797. The molecular weight excluding hydrogens is 223 g/mol. The molecule has 0 fully saturated rings. The van der Waals surface area contributed by atoms with Gasteiger partial charge in [-0.05, 0) is 30.4 Å². The lowest BCUT2D eigenvalue weighted by Gasteiger charge is -2.14. The fraction of sp³-hybridized carbons (Fsp3) is 0.500. The second-order valence-electron chi connectivity index (χ2n) is 4.60. The lowest BCUT2D eigenvalue weighted by molar-refractivity contribution is 0.361. The predicted octanol–water partition coefficient (Wildman–Crippen LogP) is 3.12. The molecule has 0 aliphatic heterocycles. The Kier molecular flexibility index (Phi) is 4.31. The molecule has 0 spiro atoms. The largest absolute Gasteiger partial charge is 0.332 e. The smallest absolute Gasteiger partial charge is 0.324 e. The SMILES string of the molecule is CC(C)Cc1ccc([C@H](C)P(=O)(O)O)cc1. The molecule has 2 N–H and O–H groups in total. The van der Waals surface area contributed by atoms with E-state index in [9.17, 15) is 4.57 Å². The van der Waals surface area contributed by atoms with Crippen molar-refractivity contribution in [1.82, 2.24) is 0 Å². The molecule has 0 saturated carbocycles. The van der Waals surface area contributed by atoms with Gasteiger partial charge in [0.1, 0.15) is 0 Å². The van der Waals surface area contributed by atoms with Crippen molar-refractivity contribution in [2.24, 2.45) is 5.92 Å². The van der Waals surface area contributed by atoms with Gasteiger partial charge in [-0.1, -0.05) is 38.1 Å². The Morgan fingerprint density at radius 1 is 1.12 bits per heavy atom. The number of benzene rings is 1.